The normalized spacial score (nSPS) is 14.4. The molecule has 8 heteroatoms. The molecule has 2 N–H and O–H groups in total. The Balaban J connectivity index is 1.52. The summed E-state index contributed by atoms with van der Waals surface area (Å²) in [5, 5.41) is 10.2. The van der Waals surface area contributed by atoms with Gasteiger partial charge in [0, 0.05) is 43.9 Å². The zero-order valence-electron chi connectivity index (χ0n) is 15.2. The maximum absolute atomic E-state index is 12.6. The quantitative estimate of drug-likeness (QED) is 0.736. The lowest BCUT2D eigenvalue weighted by Gasteiger charge is -2.22. The predicted molar refractivity (Wildman–Crippen MR) is 97.1 cm³/mol. The fourth-order valence-corrected chi connectivity index (χ4v) is 3.38. The van der Waals surface area contributed by atoms with Crippen molar-refractivity contribution in [2.75, 3.05) is 20.7 Å². The van der Waals surface area contributed by atoms with Crippen LogP contribution in [0.25, 0.3) is 11.0 Å². The number of amides is 1. The SMILES string of the molecule is COc1ccc2c(c1)nc(CNC(=O)c1n[nH]c3c1CN(C)CC3)n2C. The molecule has 0 radical (unpaired) electrons. The Labute approximate surface area is 151 Å². The number of nitrogens with zero attached hydrogens (tertiary/aromatic N) is 4. The maximum atomic E-state index is 12.6. The van der Waals surface area contributed by atoms with Crippen LogP contribution >= 0.6 is 0 Å². The zero-order chi connectivity index (χ0) is 18.3. The number of carbonyl (C=O) groups excluding carboxylic acids is 1. The topological polar surface area (TPSA) is 88.1 Å². The van der Waals surface area contributed by atoms with Gasteiger partial charge in [-0.3, -0.25) is 9.89 Å². The average molecular weight is 354 g/mol. The molecule has 0 spiro atoms. The van der Waals surface area contributed by atoms with E-state index in [1.54, 1.807) is 7.11 Å². The molecule has 0 fully saturated rings. The van der Waals surface area contributed by atoms with E-state index in [0.717, 1.165) is 53.4 Å². The van der Waals surface area contributed by atoms with E-state index in [1.165, 1.54) is 0 Å². The number of aromatic amines is 1. The van der Waals surface area contributed by atoms with Crippen molar-refractivity contribution in [2.24, 2.45) is 7.05 Å². The third kappa shape index (κ3) is 2.82. The Morgan fingerprint density at radius 2 is 2.23 bits per heavy atom. The molecule has 8 nitrogen and oxygen atoms in total. The van der Waals surface area contributed by atoms with Crippen molar-refractivity contribution in [1.82, 2.24) is 30.0 Å². The first-order chi connectivity index (χ1) is 12.6. The molecule has 0 unspecified atom stereocenters. The van der Waals surface area contributed by atoms with Gasteiger partial charge in [-0.25, -0.2) is 4.98 Å². The van der Waals surface area contributed by atoms with Gasteiger partial charge in [-0.05, 0) is 19.2 Å². The molecule has 0 bridgehead atoms. The van der Waals surface area contributed by atoms with Crippen molar-refractivity contribution >= 4 is 16.9 Å². The second-order valence-electron chi connectivity index (χ2n) is 6.64. The number of hydrogen-bond donors (Lipinski definition) is 2. The molecule has 1 amide bonds. The van der Waals surface area contributed by atoms with E-state index in [-0.39, 0.29) is 5.91 Å². The van der Waals surface area contributed by atoms with Crippen LogP contribution in [-0.4, -0.2) is 51.3 Å². The number of ether oxygens (including phenoxy) is 1. The van der Waals surface area contributed by atoms with E-state index in [4.69, 9.17) is 4.74 Å². The fourth-order valence-electron chi connectivity index (χ4n) is 3.38. The Morgan fingerprint density at radius 3 is 3.04 bits per heavy atom. The van der Waals surface area contributed by atoms with E-state index in [1.807, 2.05) is 36.9 Å². The highest BCUT2D eigenvalue weighted by Crippen LogP contribution is 2.21. The number of H-pyrrole nitrogens is 1. The standard InChI is InChI=1S/C18H22N6O2/c1-23-7-6-13-12(10-23)17(22-21-13)18(25)19-9-16-20-14-8-11(26-3)4-5-15(14)24(16)2/h4-5,8H,6-7,9-10H2,1-3H3,(H,19,25)(H,21,22). The van der Waals surface area contributed by atoms with Gasteiger partial charge in [0.2, 0.25) is 0 Å². The molecule has 0 saturated carbocycles. The fraction of sp³-hybridized carbons (Fsp3) is 0.389. The maximum Gasteiger partial charge on any atom is 0.272 e. The molecular weight excluding hydrogens is 332 g/mol. The number of carbonyl (C=O) groups is 1. The van der Waals surface area contributed by atoms with E-state index in [2.05, 4.69) is 25.4 Å². The van der Waals surface area contributed by atoms with Gasteiger partial charge in [0.15, 0.2) is 5.69 Å². The van der Waals surface area contributed by atoms with Gasteiger partial charge < -0.3 is 19.5 Å². The van der Waals surface area contributed by atoms with Crippen molar-refractivity contribution in [3.8, 4) is 5.75 Å². The van der Waals surface area contributed by atoms with Crippen molar-refractivity contribution < 1.29 is 9.53 Å². The Bertz CT molecular complexity index is 974. The largest absolute Gasteiger partial charge is 0.497 e. The lowest BCUT2D eigenvalue weighted by Crippen LogP contribution is -2.30. The molecule has 1 aromatic carbocycles. The third-order valence-electron chi connectivity index (χ3n) is 4.93. The average Bonchev–Trinajstić information content (AvgIpc) is 3.20. The van der Waals surface area contributed by atoms with E-state index in [9.17, 15) is 4.79 Å². The van der Waals surface area contributed by atoms with Gasteiger partial charge in [0.05, 0.1) is 24.7 Å². The molecule has 4 rings (SSSR count). The van der Waals surface area contributed by atoms with E-state index in [0.29, 0.717) is 12.2 Å². The molecule has 2 aromatic heterocycles. The van der Waals surface area contributed by atoms with Crippen LogP contribution in [0.15, 0.2) is 18.2 Å². The summed E-state index contributed by atoms with van der Waals surface area (Å²) in [4.78, 5) is 19.4. The molecular formula is C18H22N6O2. The van der Waals surface area contributed by atoms with Gasteiger partial charge in [0.25, 0.3) is 5.91 Å². The minimum atomic E-state index is -0.178. The number of likely N-dealkylation sites (N-methyl/N-ethyl adjacent to an activating group) is 1. The summed E-state index contributed by atoms with van der Waals surface area (Å²) in [5.74, 6) is 1.36. The number of imidazole rings is 1. The van der Waals surface area contributed by atoms with E-state index >= 15 is 0 Å². The Morgan fingerprint density at radius 1 is 1.38 bits per heavy atom. The second kappa shape index (κ2) is 6.45. The summed E-state index contributed by atoms with van der Waals surface area (Å²) < 4.78 is 7.22. The van der Waals surface area contributed by atoms with Crippen LogP contribution < -0.4 is 10.1 Å². The summed E-state index contributed by atoms with van der Waals surface area (Å²) in [6.07, 6.45) is 0.888. The number of rotatable bonds is 4. The summed E-state index contributed by atoms with van der Waals surface area (Å²) in [6, 6.07) is 5.76. The first-order valence-electron chi connectivity index (χ1n) is 8.59. The number of nitrogens with one attached hydrogen (secondary N) is 2. The van der Waals surface area contributed by atoms with Gasteiger partial charge in [-0.1, -0.05) is 0 Å². The molecule has 1 aliphatic heterocycles. The van der Waals surface area contributed by atoms with Crippen molar-refractivity contribution in [2.45, 2.75) is 19.5 Å². The Hall–Kier alpha value is -2.87. The van der Waals surface area contributed by atoms with Gasteiger partial charge in [-0.2, -0.15) is 5.10 Å². The zero-order valence-corrected chi connectivity index (χ0v) is 15.2. The van der Waals surface area contributed by atoms with Crippen molar-refractivity contribution in [1.29, 1.82) is 0 Å². The number of aryl methyl sites for hydroxylation is 1. The summed E-state index contributed by atoms with van der Waals surface area (Å²) in [6.45, 7) is 2.05. The molecule has 26 heavy (non-hydrogen) atoms. The van der Waals surface area contributed by atoms with Crippen LogP contribution in [0.4, 0.5) is 0 Å². The van der Waals surface area contributed by atoms with Gasteiger partial charge in [0.1, 0.15) is 11.6 Å². The highest BCUT2D eigenvalue weighted by atomic mass is 16.5. The van der Waals surface area contributed by atoms with Crippen molar-refractivity contribution in [3.05, 3.63) is 41.0 Å². The van der Waals surface area contributed by atoms with Crippen LogP contribution in [0.2, 0.25) is 0 Å². The van der Waals surface area contributed by atoms with Gasteiger partial charge >= 0.3 is 0 Å². The molecule has 1 aliphatic rings. The summed E-state index contributed by atoms with van der Waals surface area (Å²) in [7, 11) is 5.62. The van der Waals surface area contributed by atoms with Crippen LogP contribution in [-0.2, 0) is 26.6 Å². The monoisotopic (exact) mass is 354 g/mol. The predicted octanol–water partition coefficient (Wildman–Crippen LogP) is 1.22. The van der Waals surface area contributed by atoms with E-state index < -0.39 is 0 Å². The highest BCUT2D eigenvalue weighted by molar-refractivity contribution is 5.94. The first kappa shape index (κ1) is 16.6. The molecule has 136 valence electrons. The number of hydrogen-bond acceptors (Lipinski definition) is 5. The van der Waals surface area contributed by atoms with Gasteiger partial charge in [-0.15, -0.1) is 0 Å². The minimum absolute atomic E-state index is 0.178. The highest BCUT2D eigenvalue weighted by Gasteiger charge is 2.24. The molecule has 0 aliphatic carbocycles. The second-order valence-corrected chi connectivity index (χ2v) is 6.64. The molecule has 0 atom stereocenters. The summed E-state index contributed by atoms with van der Waals surface area (Å²) >= 11 is 0. The number of fused-ring (bicyclic) bond motifs is 2. The lowest BCUT2D eigenvalue weighted by molar-refractivity contribution is 0.0942. The third-order valence-corrected chi connectivity index (χ3v) is 4.93. The van der Waals surface area contributed by atoms with Crippen LogP contribution in [0, 0.1) is 0 Å². The lowest BCUT2D eigenvalue weighted by atomic mass is 10.1. The van der Waals surface area contributed by atoms with Crippen molar-refractivity contribution in [3.63, 3.8) is 0 Å². The molecule has 0 saturated heterocycles. The smallest absolute Gasteiger partial charge is 0.272 e. The first-order valence-corrected chi connectivity index (χ1v) is 8.59. The molecule has 3 heterocycles. The van der Waals surface area contributed by atoms with Crippen LogP contribution in [0.3, 0.4) is 0 Å². The molecule has 3 aromatic rings. The summed E-state index contributed by atoms with van der Waals surface area (Å²) in [5.41, 5.74) is 4.37. The number of benzene rings is 1. The Kier molecular flexibility index (Phi) is 4.12. The van der Waals surface area contributed by atoms with Crippen LogP contribution in [0.5, 0.6) is 5.75 Å². The number of methoxy groups -OCH3 is 1. The minimum Gasteiger partial charge on any atom is -0.497 e. The van der Waals surface area contributed by atoms with Crippen LogP contribution in [0.1, 0.15) is 27.6 Å². The number of aromatic nitrogens is 4.